The van der Waals surface area contributed by atoms with Crippen LogP contribution in [0.1, 0.15) is 30.6 Å². The average Bonchev–Trinajstić information content (AvgIpc) is 2.89. The summed E-state index contributed by atoms with van der Waals surface area (Å²) in [4.78, 5) is 26.5. The number of aryl methyl sites for hydroxylation is 1. The van der Waals surface area contributed by atoms with Gasteiger partial charge in [-0.15, -0.1) is 0 Å². The fraction of sp³-hybridized carbons (Fsp3) is 0.474. The van der Waals surface area contributed by atoms with Crippen molar-refractivity contribution in [3.63, 3.8) is 0 Å². The predicted octanol–water partition coefficient (Wildman–Crippen LogP) is 2.84. The molecule has 0 unspecified atom stereocenters. The normalized spacial score (nSPS) is 21.0. The number of para-hydroxylation sites is 1. The molecule has 3 rings (SSSR count). The first-order valence-electron chi connectivity index (χ1n) is 8.44. The number of carbonyl (C=O) groups is 2. The highest BCUT2D eigenvalue weighted by Crippen LogP contribution is 2.22. The summed E-state index contributed by atoms with van der Waals surface area (Å²) in [6.07, 6.45) is 2.89. The Bertz CT molecular complexity index is 755. The van der Waals surface area contributed by atoms with Crippen LogP contribution in [0.5, 0.6) is 0 Å². The highest BCUT2D eigenvalue weighted by atomic mass is 16.5. The number of likely N-dealkylation sites (tertiary alicyclic amines) is 1. The first-order valence-corrected chi connectivity index (χ1v) is 8.44. The van der Waals surface area contributed by atoms with Gasteiger partial charge in [-0.2, -0.15) is 0 Å². The van der Waals surface area contributed by atoms with E-state index in [4.69, 9.17) is 4.74 Å². The smallest absolute Gasteiger partial charge is 0.340 e. The van der Waals surface area contributed by atoms with Gasteiger partial charge in [0.05, 0.1) is 5.56 Å². The van der Waals surface area contributed by atoms with Gasteiger partial charge in [-0.3, -0.25) is 4.79 Å². The summed E-state index contributed by atoms with van der Waals surface area (Å²) in [6.45, 7) is 5.60. The minimum absolute atomic E-state index is 0.109. The van der Waals surface area contributed by atoms with Crippen molar-refractivity contribution in [3.8, 4) is 0 Å². The van der Waals surface area contributed by atoms with Gasteiger partial charge in [0, 0.05) is 37.2 Å². The molecule has 2 heterocycles. The summed E-state index contributed by atoms with van der Waals surface area (Å²) in [5.74, 6) is 0.429. The number of fused-ring (bicyclic) bond motifs is 1. The van der Waals surface area contributed by atoms with Crippen LogP contribution in [0.25, 0.3) is 10.9 Å². The molecule has 1 saturated heterocycles. The van der Waals surface area contributed by atoms with Crippen LogP contribution in [0.15, 0.2) is 30.5 Å². The van der Waals surface area contributed by atoms with Gasteiger partial charge in [0.15, 0.2) is 6.61 Å². The number of rotatable bonds is 3. The molecule has 1 amide bonds. The number of aromatic nitrogens is 1. The van der Waals surface area contributed by atoms with Crippen LogP contribution in [0, 0.1) is 11.8 Å². The molecular formula is C19H24N2O3. The molecule has 2 aromatic rings. The van der Waals surface area contributed by atoms with Crippen molar-refractivity contribution in [3.05, 3.63) is 36.0 Å². The third-order valence-corrected chi connectivity index (χ3v) is 4.67. The molecule has 0 N–H and O–H groups in total. The van der Waals surface area contributed by atoms with Gasteiger partial charge in [-0.25, -0.2) is 4.79 Å². The fourth-order valence-electron chi connectivity index (χ4n) is 3.67. The molecule has 1 aromatic carbocycles. The van der Waals surface area contributed by atoms with E-state index >= 15 is 0 Å². The zero-order chi connectivity index (χ0) is 17.3. The number of nitrogens with zero attached hydrogens (tertiary/aromatic N) is 2. The number of amides is 1. The van der Waals surface area contributed by atoms with Gasteiger partial charge in [0.1, 0.15) is 0 Å². The first-order chi connectivity index (χ1) is 11.5. The van der Waals surface area contributed by atoms with Crippen molar-refractivity contribution < 1.29 is 14.3 Å². The maximum absolute atomic E-state index is 12.4. The third-order valence-electron chi connectivity index (χ3n) is 4.67. The van der Waals surface area contributed by atoms with Crippen molar-refractivity contribution in [2.24, 2.45) is 18.9 Å². The van der Waals surface area contributed by atoms with Crippen LogP contribution in [0.2, 0.25) is 0 Å². The van der Waals surface area contributed by atoms with E-state index in [2.05, 4.69) is 13.8 Å². The van der Waals surface area contributed by atoms with Crippen LogP contribution < -0.4 is 0 Å². The Morgan fingerprint density at radius 2 is 1.83 bits per heavy atom. The van der Waals surface area contributed by atoms with Gasteiger partial charge < -0.3 is 14.2 Å². The van der Waals surface area contributed by atoms with E-state index in [1.165, 1.54) is 0 Å². The molecule has 1 aliphatic rings. The molecule has 0 radical (unpaired) electrons. The molecule has 0 saturated carbocycles. The fourth-order valence-corrected chi connectivity index (χ4v) is 3.67. The van der Waals surface area contributed by atoms with E-state index in [0.717, 1.165) is 30.4 Å². The molecule has 5 heteroatoms. The van der Waals surface area contributed by atoms with Gasteiger partial charge in [0.2, 0.25) is 0 Å². The van der Waals surface area contributed by atoms with E-state index < -0.39 is 5.97 Å². The Labute approximate surface area is 142 Å². The number of carbonyl (C=O) groups excluding carboxylic acids is 2. The number of benzene rings is 1. The average molecular weight is 328 g/mol. The van der Waals surface area contributed by atoms with Gasteiger partial charge in [-0.1, -0.05) is 32.0 Å². The number of hydrogen-bond acceptors (Lipinski definition) is 3. The van der Waals surface area contributed by atoms with Crippen molar-refractivity contribution in [1.82, 2.24) is 9.47 Å². The summed E-state index contributed by atoms with van der Waals surface area (Å²) in [5, 5.41) is 0.845. The highest BCUT2D eigenvalue weighted by molar-refractivity contribution is 6.04. The van der Waals surface area contributed by atoms with E-state index in [1.54, 1.807) is 6.20 Å². The van der Waals surface area contributed by atoms with Crippen LogP contribution in [0.3, 0.4) is 0 Å². The molecule has 1 fully saturated rings. The number of hydrogen-bond donors (Lipinski definition) is 0. The second-order valence-electron chi connectivity index (χ2n) is 6.99. The van der Waals surface area contributed by atoms with Crippen LogP contribution in [-0.4, -0.2) is 41.0 Å². The van der Waals surface area contributed by atoms with Crippen LogP contribution in [0.4, 0.5) is 0 Å². The van der Waals surface area contributed by atoms with Crippen molar-refractivity contribution in [2.45, 2.75) is 20.3 Å². The van der Waals surface area contributed by atoms with Crippen molar-refractivity contribution in [1.29, 1.82) is 0 Å². The lowest BCUT2D eigenvalue weighted by Crippen LogP contribution is -2.44. The summed E-state index contributed by atoms with van der Waals surface area (Å²) in [6, 6.07) is 7.66. The third kappa shape index (κ3) is 3.30. The summed E-state index contributed by atoms with van der Waals surface area (Å²) in [7, 11) is 1.89. The lowest BCUT2D eigenvalue weighted by molar-refractivity contribution is -0.137. The molecule has 2 atom stereocenters. The Kier molecular flexibility index (Phi) is 4.60. The molecular weight excluding hydrogens is 304 g/mol. The SMILES string of the molecule is C[C@@H]1C[C@@H](C)CN(C(=O)COC(=O)c2cn(C)c3ccccc23)C1. The van der Waals surface area contributed by atoms with E-state index in [0.29, 0.717) is 17.4 Å². The maximum Gasteiger partial charge on any atom is 0.340 e. The van der Waals surface area contributed by atoms with Crippen LogP contribution >= 0.6 is 0 Å². The van der Waals surface area contributed by atoms with Crippen molar-refractivity contribution in [2.75, 3.05) is 19.7 Å². The predicted molar refractivity (Wildman–Crippen MR) is 92.7 cm³/mol. The van der Waals surface area contributed by atoms with Gasteiger partial charge >= 0.3 is 5.97 Å². The lowest BCUT2D eigenvalue weighted by atomic mass is 9.92. The first kappa shape index (κ1) is 16.6. The second-order valence-corrected chi connectivity index (χ2v) is 6.99. The monoisotopic (exact) mass is 328 g/mol. The Morgan fingerprint density at radius 1 is 1.17 bits per heavy atom. The molecule has 5 nitrogen and oxygen atoms in total. The highest BCUT2D eigenvalue weighted by Gasteiger charge is 2.26. The zero-order valence-corrected chi connectivity index (χ0v) is 14.5. The van der Waals surface area contributed by atoms with Gasteiger partial charge in [0.25, 0.3) is 5.91 Å². The molecule has 0 aliphatic carbocycles. The molecule has 0 spiro atoms. The van der Waals surface area contributed by atoms with Crippen LogP contribution in [-0.2, 0) is 16.6 Å². The minimum Gasteiger partial charge on any atom is -0.452 e. The second kappa shape index (κ2) is 6.67. The molecule has 128 valence electrons. The van der Waals surface area contributed by atoms with E-state index in [1.807, 2.05) is 40.8 Å². The van der Waals surface area contributed by atoms with E-state index in [9.17, 15) is 9.59 Å². The molecule has 1 aromatic heterocycles. The van der Waals surface area contributed by atoms with Gasteiger partial charge in [-0.05, 0) is 24.3 Å². The summed E-state index contributed by atoms with van der Waals surface area (Å²) >= 11 is 0. The lowest BCUT2D eigenvalue weighted by Gasteiger charge is -2.34. The number of ether oxygens (including phenoxy) is 1. The molecule has 24 heavy (non-hydrogen) atoms. The molecule has 0 bridgehead atoms. The quantitative estimate of drug-likeness (QED) is 0.814. The summed E-state index contributed by atoms with van der Waals surface area (Å²) in [5.41, 5.74) is 1.47. The van der Waals surface area contributed by atoms with Crippen molar-refractivity contribution >= 4 is 22.8 Å². The Hall–Kier alpha value is -2.30. The largest absolute Gasteiger partial charge is 0.452 e. The number of esters is 1. The topological polar surface area (TPSA) is 51.5 Å². The minimum atomic E-state index is -0.446. The van der Waals surface area contributed by atoms with E-state index in [-0.39, 0.29) is 12.5 Å². The zero-order valence-electron chi connectivity index (χ0n) is 14.5. The summed E-state index contributed by atoms with van der Waals surface area (Å²) < 4.78 is 7.18. The number of piperidine rings is 1. The Balaban J connectivity index is 1.65. The Morgan fingerprint density at radius 3 is 2.54 bits per heavy atom. The standard InChI is InChI=1S/C19H24N2O3/c1-13-8-14(2)10-21(9-13)18(22)12-24-19(23)16-11-20(3)17-7-5-4-6-15(16)17/h4-7,11,13-14H,8-10,12H2,1-3H3/t13-,14-/m1/s1. The molecule has 1 aliphatic heterocycles. The maximum atomic E-state index is 12.4.